The molecule has 0 spiro atoms. The molecule has 35 heavy (non-hydrogen) atoms. The average Bonchev–Trinajstić information content (AvgIpc) is 3.42. The number of carbonyl (C=O) groups excluding carboxylic acids is 2. The van der Waals surface area contributed by atoms with E-state index in [4.69, 9.17) is 45.4 Å². The molecular formula is C24H21Cl2N5O3S. The van der Waals surface area contributed by atoms with Gasteiger partial charge in [0.2, 0.25) is 0 Å². The molecule has 4 rings (SSSR count). The lowest BCUT2D eigenvalue weighted by Crippen LogP contribution is -2.32. The van der Waals surface area contributed by atoms with Crippen LogP contribution in [0.5, 0.6) is 0 Å². The quantitative estimate of drug-likeness (QED) is 0.408. The SMILES string of the molecule is C=C1C(=O)N(c2ccc(C#N)c(Cl)c2)C(=S)N1c1ccc(Cl)c(NC(=O)OCCN2CCCC2)c1. The van der Waals surface area contributed by atoms with Gasteiger partial charge in [-0.2, -0.15) is 5.26 Å². The number of likely N-dealkylation sites (tertiary alicyclic amines) is 1. The second kappa shape index (κ2) is 10.6. The Morgan fingerprint density at radius 1 is 1.11 bits per heavy atom. The summed E-state index contributed by atoms with van der Waals surface area (Å²) in [5, 5.41) is 12.4. The van der Waals surface area contributed by atoms with Crippen molar-refractivity contribution >= 4 is 69.6 Å². The van der Waals surface area contributed by atoms with E-state index < -0.39 is 12.0 Å². The smallest absolute Gasteiger partial charge is 0.411 e. The minimum absolute atomic E-state index is 0.108. The number of rotatable bonds is 6. The minimum atomic E-state index is -0.629. The molecule has 2 fully saturated rings. The Labute approximate surface area is 218 Å². The lowest BCUT2D eigenvalue weighted by molar-refractivity contribution is -0.113. The molecule has 0 aliphatic carbocycles. The molecule has 0 bridgehead atoms. The predicted molar refractivity (Wildman–Crippen MR) is 140 cm³/mol. The second-order valence-corrected chi connectivity index (χ2v) is 9.13. The molecule has 0 aromatic heterocycles. The van der Waals surface area contributed by atoms with Crippen LogP contribution in [0, 0.1) is 11.3 Å². The molecule has 0 unspecified atom stereocenters. The number of halogens is 2. The van der Waals surface area contributed by atoms with Crippen molar-refractivity contribution in [3.63, 3.8) is 0 Å². The third kappa shape index (κ3) is 5.26. The van der Waals surface area contributed by atoms with Gasteiger partial charge in [-0.3, -0.25) is 24.8 Å². The van der Waals surface area contributed by atoms with Gasteiger partial charge in [0.05, 0.1) is 32.7 Å². The summed E-state index contributed by atoms with van der Waals surface area (Å²) >= 11 is 18.0. The van der Waals surface area contributed by atoms with Gasteiger partial charge < -0.3 is 4.74 Å². The highest BCUT2D eigenvalue weighted by molar-refractivity contribution is 7.81. The molecule has 0 radical (unpaired) electrons. The number of nitrogens with one attached hydrogen (secondary N) is 1. The number of hydrogen-bond acceptors (Lipinski definition) is 6. The lowest BCUT2D eigenvalue weighted by atomic mass is 10.2. The van der Waals surface area contributed by atoms with Gasteiger partial charge in [-0.05, 0) is 74.5 Å². The Morgan fingerprint density at radius 2 is 1.80 bits per heavy atom. The summed E-state index contributed by atoms with van der Waals surface area (Å²) in [4.78, 5) is 30.3. The molecular weight excluding hydrogens is 509 g/mol. The summed E-state index contributed by atoms with van der Waals surface area (Å²) in [6.07, 6.45) is 1.70. The molecule has 11 heteroatoms. The first-order chi connectivity index (χ1) is 16.8. The van der Waals surface area contributed by atoms with Crippen LogP contribution in [0.4, 0.5) is 21.9 Å². The van der Waals surface area contributed by atoms with Crippen LogP contribution in [0.3, 0.4) is 0 Å². The van der Waals surface area contributed by atoms with Gasteiger partial charge in [-0.25, -0.2) is 4.79 Å². The number of nitrogens with zero attached hydrogens (tertiary/aromatic N) is 4. The lowest BCUT2D eigenvalue weighted by Gasteiger charge is -2.21. The molecule has 8 nitrogen and oxygen atoms in total. The van der Waals surface area contributed by atoms with Crippen molar-refractivity contribution in [1.29, 1.82) is 5.26 Å². The van der Waals surface area contributed by atoms with Crippen LogP contribution >= 0.6 is 35.4 Å². The molecule has 1 N–H and O–H groups in total. The zero-order valence-electron chi connectivity index (χ0n) is 18.6. The fraction of sp³-hybridized carbons (Fsp3) is 0.250. The highest BCUT2D eigenvalue weighted by Gasteiger charge is 2.39. The molecule has 2 aliphatic rings. The Balaban J connectivity index is 1.50. The van der Waals surface area contributed by atoms with Crippen molar-refractivity contribution < 1.29 is 14.3 Å². The maximum atomic E-state index is 13.0. The van der Waals surface area contributed by atoms with E-state index in [1.165, 1.54) is 21.9 Å². The van der Waals surface area contributed by atoms with Crippen molar-refractivity contribution in [2.75, 3.05) is 41.4 Å². The first kappa shape index (κ1) is 24.9. The number of ether oxygens (including phenoxy) is 1. The van der Waals surface area contributed by atoms with E-state index >= 15 is 0 Å². The molecule has 2 aromatic carbocycles. The molecule has 0 saturated carbocycles. The third-order valence-electron chi connectivity index (χ3n) is 5.72. The van der Waals surface area contributed by atoms with Gasteiger partial charge in [0, 0.05) is 6.54 Å². The van der Waals surface area contributed by atoms with E-state index in [0.29, 0.717) is 28.6 Å². The van der Waals surface area contributed by atoms with Crippen molar-refractivity contribution in [2.24, 2.45) is 0 Å². The molecule has 0 atom stereocenters. The fourth-order valence-electron chi connectivity index (χ4n) is 3.92. The highest BCUT2D eigenvalue weighted by Crippen LogP contribution is 2.36. The standard InChI is InChI=1S/C24H21Cl2N5O3S/c1-15-22(32)31(17-5-4-16(14-27)20(26)12-17)24(35)30(15)18-6-7-19(25)21(13-18)28-23(33)34-11-10-29-8-2-3-9-29/h4-7,12-13H,1-3,8-11H2,(H,28,33). The van der Waals surface area contributed by atoms with Gasteiger partial charge in [-0.15, -0.1) is 0 Å². The third-order valence-corrected chi connectivity index (χ3v) is 6.73. The van der Waals surface area contributed by atoms with Crippen LogP contribution in [0.2, 0.25) is 10.0 Å². The molecule has 2 aliphatic heterocycles. The molecule has 2 aromatic rings. The van der Waals surface area contributed by atoms with E-state index in [-0.39, 0.29) is 28.0 Å². The van der Waals surface area contributed by atoms with Crippen molar-refractivity contribution in [1.82, 2.24) is 4.90 Å². The summed E-state index contributed by atoms with van der Waals surface area (Å²) in [5.41, 5.74) is 1.58. The average molecular weight is 530 g/mol. The maximum absolute atomic E-state index is 13.0. The van der Waals surface area contributed by atoms with E-state index in [1.54, 1.807) is 24.3 Å². The Hall–Kier alpha value is -3.16. The Bertz CT molecular complexity index is 1260. The van der Waals surface area contributed by atoms with Gasteiger partial charge in [0.25, 0.3) is 5.91 Å². The molecule has 180 valence electrons. The maximum Gasteiger partial charge on any atom is 0.411 e. The Kier molecular flexibility index (Phi) is 7.57. The second-order valence-electron chi connectivity index (χ2n) is 7.96. The summed E-state index contributed by atoms with van der Waals surface area (Å²) in [5.74, 6) is -0.443. The first-order valence-corrected chi connectivity index (χ1v) is 12.0. The largest absolute Gasteiger partial charge is 0.448 e. The molecule has 2 heterocycles. The van der Waals surface area contributed by atoms with Crippen LogP contribution in [0.1, 0.15) is 18.4 Å². The zero-order chi connectivity index (χ0) is 25.1. The monoisotopic (exact) mass is 529 g/mol. The number of nitriles is 1. The van der Waals surface area contributed by atoms with E-state index in [2.05, 4.69) is 16.8 Å². The molecule has 2 amide bonds. The topological polar surface area (TPSA) is 88.9 Å². The minimum Gasteiger partial charge on any atom is -0.448 e. The Morgan fingerprint density at radius 3 is 2.49 bits per heavy atom. The van der Waals surface area contributed by atoms with Crippen LogP contribution in [0.15, 0.2) is 48.7 Å². The van der Waals surface area contributed by atoms with Crippen LogP contribution in [-0.4, -0.2) is 48.3 Å². The van der Waals surface area contributed by atoms with E-state index in [1.807, 2.05) is 6.07 Å². The number of hydrogen-bond donors (Lipinski definition) is 1. The van der Waals surface area contributed by atoms with Crippen LogP contribution in [-0.2, 0) is 9.53 Å². The zero-order valence-corrected chi connectivity index (χ0v) is 20.9. The van der Waals surface area contributed by atoms with Crippen LogP contribution < -0.4 is 15.1 Å². The number of anilines is 3. The fourth-order valence-corrected chi connectivity index (χ4v) is 4.71. The van der Waals surface area contributed by atoms with Crippen molar-refractivity contribution in [2.45, 2.75) is 12.8 Å². The van der Waals surface area contributed by atoms with Crippen molar-refractivity contribution in [3.8, 4) is 6.07 Å². The van der Waals surface area contributed by atoms with E-state index in [9.17, 15) is 9.59 Å². The predicted octanol–water partition coefficient (Wildman–Crippen LogP) is 5.16. The van der Waals surface area contributed by atoms with Crippen LogP contribution in [0.25, 0.3) is 0 Å². The van der Waals surface area contributed by atoms with Crippen molar-refractivity contribution in [3.05, 3.63) is 64.3 Å². The van der Waals surface area contributed by atoms with Gasteiger partial charge in [-0.1, -0.05) is 29.8 Å². The number of carbonyl (C=O) groups is 2. The number of amides is 2. The van der Waals surface area contributed by atoms with Gasteiger partial charge >= 0.3 is 6.09 Å². The first-order valence-electron chi connectivity index (χ1n) is 10.8. The number of thiocarbonyl (C=S) groups is 1. The van der Waals surface area contributed by atoms with Gasteiger partial charge in [0.1, 0.15) is 18.4 Å². The van der Waals surface area contributed by atoms with Gasteiger partial charge in [0.15, 0.2) is 5.11 Å². The summed E-state index contributed by atoms with van der Waals surface area (Å²) < 4.78 is 5.29. The summed E-state index contributed by atoms with van der Waals surface area (Å²) in [7, 11) is 0. The summed E-state index contributed by atoms with van der Waals surface area (Å²) in [6, 6.07) is 11.4. The normalized spacial score (nSPS) is 16.1. The number of benzene rings is 2. The van der Waals surface area contributed by atoms with E-state index in [0.717, 1.165) is 25.9 Å². The summed E-state index contributed by atoms with van der Waals surface area (Å²) in [6.45, 7) is 6.86. The highest BCUT2D eigenvalue weighted by atomic mass is 35.5. The molecule has 2 saturated heterocycles.